The Kier molecular flexibility index (Phi) is 4.82. The average Bonchev–Trinajstić information content (AvgIpc) is 2.30. The Morgan fingerprint density at radius 3 is 2.24 bits per heavy atom. The van der Waals surface area contributed by atoms with Gasteiger partial charge < -0.3 is 14.8 Å². The minimum absolute atomic E-state index is 0.451. The van der Waals surface area contributed by atoms with Crippen LogP contribution >= 0.6 is 0 Å². The van der Waals surface area contributed by atoms with E-state index in [1.807, 2.05) is 0 Å². The van der Waals surface area contributed by atoms with Crippen LogP contribution in [0.5, 0.6) is 11.5 Å². The maximum Gasteiger partial charge on any atom is 0.126 e. The van der Waals surface area contributed by atoms with Gasteiger partial charge in [-0.2, -0.15) is 0 Å². The molecule has 1 aromatic rings. The molecule has 0 heterocycles. The van der Waals surface area contributed by atoms with Crippen LogP contribution in [-0.4, -0.2) is 20.3 Å². The van der Waals surface area contributed by atoms with Gasteiger partial charge in [-0.1, -0.05) is 13.8 Å². The van der Waals surface area contributed by atoms with Crippen molar-refractivity contribution in [2.75, 3.05) is 14.2 Å². The predicted molar refractivity (Wildman–Crippen MR) is 71.0 cm³/mol. The Morgan fingerprint density at radius 2 is 1.76 bits per heavy atom. The largest absolute Gasteiger partial charge is 0.496 e. The summed E-state index contributed by atoms with van der Waals surface area (Å²) in [6.07, 6.45) is 0. The van der Waals surface area contributed by atoms with Crippen molar-refractivity contribution in [3.8, 4) is 11.5 Å². The van der Waals surface area contributed by atoms with Crippen molar-refractivity contribution in [2.24, 2.45) is 0 Å². The van der Waals surface area contributed by atoms with Gasteiger partial charge in [-0.15, -0.1) is 0 Å². The highest BCUT2D eigenvalue weighted by Gasteiger charge is 2.13. The molecular formula is C14H23NO2. The molecule has 1 N–H and O–H groups in total. The van der Waals surface area contributed by atoms with E-state index in [1.165, 1.54) is 0 Å². The number of hydrogen-bond donors (Lipinski definition) is 1. The summed E-state index contributed by atoms with van der Waals surface area (Å²) in [6.45, 7) is 9.17. The second kappa shape index (κ2) is 5.92. The fourth-order valence-electron chi connectivity index (χ4n) is 1.87. The van der Waals surface area contributed by atoms with Crippen LogP contribution in [0.15, 0.2) is 6.07 Å². The lowest BCUT2D eigenvalue weighted by molar-refractivity contribution is 0.391. The normalized spacial score (nSPS) is 10.8. The van der Waals surface area contributed by atoms with Gasteiger partial charge in [-0.3, -0.25) is 0 Å². The van der Waals surface area contributed by atoms with Crippen LogP contribution in [0.25, 0.3) is 0 Å². The van der Waals surface area contributed by atoms with Crippen molar-refractivity contribution in [3.05, 3.63) is 22.8 Å². The lowest BCUT2D eigenvalue weighted by Crippen LogP contribution is -2.22. The second-order valence-corrected chi connectivity index (χ2v) is 4.56. The van der Waals surface area contributed by atoms with E-state index in [9.17, 15) is 0 Å². The van der Waals surface area contributed by atoms with Gasteiger partial charge in [0.1, 0.15) is 11.5 Å². The van der Waals surface area contributed by atoms with Crippen LogP contribution < -0.4 is 14.8 Å². The average molecular weight is 237 g/mol. The third kappa shape index (κ3) is 3.13. The van der Waals surface area contributed by atoms with Gasteiger partial charge in [0.25, 0.3) is 0 Å². The van der Waals surface area contributed by atoms with Crippen LogP contribution in [0.4, 0.5) is 0 Å². The summed E-state index contributed by atoms with van der Waals surface area (Å²) in [5.41, 5.74) is 3.42. The van der Waals surface area contributed by atoms with Crippen LogP contribution in [-0.2, 0) is 6.54 Å². The molecule has 1 aromatic carbocycles. The summed E-state index contributed by atoms with van der Waals surface area (Å²) in [5, 5.41) is 3.40. The van der Waals surface area contributed by atoms with Gasteiger partial charge in [0.05, 0.1) is 14.2 Å². The Bertz CT molecular complexity index is 386. The standard InChI is InChI=1S/C14H23NO2/c1-9(2)15-8-12-7-13(16-5)10(3)11(4)14(12)17-6/h7,9,15H,8H2,1-6H3. The Labute approximate surface area is 104 Å². The molecule has 0 aliphatic rings. The van der Waals surface area contributed by atoms with E-state index >= 15 is 0 Å². The van der Waals surface area contributed by atoms with Crippen molar-refractivity contribution in [2.45, 2.75) is 40.3 Å². The minimum atomic E-state index is 0.451. The first-order chi connectivity index (χ1) is 8.01. The highest BCUT2D eigenvalue weighted by Crippen LogP contribution is 2.33. The van der Waals surface area contributed by atoms with Crippen LogP contribution in [0.2, 0.25) is 0 Å². The van der Waals surface area contributed by atoms with Gasteiger partial charge in [0, 0.05) is 18.2 Å². The molecule has 1 rings (SSSR count). The van der Waals surface area contributed by atoms with E-state index in [1.54, 1.807) is 14.2 Å². The van der Waals surface area contributed by atoms with Gasteiger partial charge in [0.2, 0.25) is 0 Å². The summed E-state index contributed by atoms with van der Waals surface area (Å²) in [5.74, 6) is 1.88. The smallest absolute Gasteiger partial charge is 0.126 e. The third-order valence-electron chi connectivity index (χ3n) is 2.99. The van der Waals surface area contributed by atoms with E-state index in [0.29, 0.717) is 6.04 Å². The first kappa shape index (κ1) is 13.8. The number of hydrogen-bond acceptors (Lipinski definition) is 3. The first-order valence-electron chi connectivity index (χ1n) is 5.95. The third-order valence-corrected chi connectivity index (χ3v) is 2.99. The van der Waals surface area contributed by atoms with E-state index in [-0.39, 0.29) is 0 Å². The fourth-order valence-corrected chi connectivity index (χ4v) is 1.87. The summed E-state index contributed by atoms with van der Waals surface area (Å²) in [7, 11) is 3.42. The zero-order chi connectivity index (χ0) is 13.0. The molecule has 0 fully saturated rings. The molecule has 17 heavy (non-hydrogen) atoms. The maximum absolute atomic E-state index is 5.49. The zero-order valence-electron chi connectivity index (χ0n) is 11.7. The molecule has 3 nitrogen and oxygen atoms in total. The second-order valence-electron chi connectivity index (χ2n) is 4.56. The Morgan fingerprint density at radius 1 is 1.12 bits per heavy atom. The lowest BCUT2D eigenvalue weighted by Gasteiger charge is -2.18. The molecule has 0 aromatic heterocycles. The Hall–Kier alpha value is -1.22. The van der Waals surface area contributed by atoms with Crippen molar-refractivity contribution in [3.63, 3.8) is 0 Å². The van der Waals surface area contributed by atoms with E-state index < -0.39 is 0 Å². The summed E-state index contributed by atoms with van der Waals surface area (Å²) in [6, 6.07) is 2.50. The van der Waals surface area contributed by atoms with Crippen molar-refractivity contribution >= 4 is 0 Å². The molecule has 0 aliphatic heterocycles. The zero-order valence-corrected chi connectivity index (χ0v) is 11.7. The highest BCUT2D eigenvalue weighted by atomic mass is 16.5. The summed E-state index contributed by atoms with van der Waals surface area (Å²) in [4.78, 5) is 0. The molecule has 0 unspecified atom stereocenters. The molecule has 0 bridgehead atoms. The molecule has 0 amide bonds. The fraction of sp³-hybridized carbons (Fsp3) is 0.571. The molecule has 0 aliphatic carbocycles. The van der Waals surface area contributed by atoms with E-state index in [4.69, 9.17) is 9.47 Å². The van der Waals surface area contributed by atoms with Crippen molar-refractivity contribution < 1.29 is 9.47 Å². The van der Waals surface area contributed by atoms with Gasteiger partial charge in [-0.25, -0.2) is 0 Å². The molecular weight excluding hydrogens is 214 g/mol. The molecule has 0 spiro atoms. The molecule has 0 saturated carbocycles. The first-order valence-corrected chi connectivity index (χ1v) is 5.95. The molecule has 0 radical (unpaired) electrons. The van der Waals surface area contributed by atoms with Gasteiger partial charge >= 0.3 is 0 Å². The number of methoxy groups -OCH3 is 2. The lowest BCUT2D eigenvalue weighted by atomic mass is 10.0. The van der Waals surface area contributed by atoms with Crippen LogP contribution in [0, 0.1) is 13.8 Å². The summed E-state index contributed by atoms with van der Waals surface area (Å²) >= 11 is 0. The van der Waals surface area contributed by atoms with E-state index in [2.05, 4.69) is 39.1 Å². The van der Waals surface area contributed by atoms with Gasteiger partial charge in [-0.05, 0) is 31.0 Å². The minimum Gasteiger partial charge on any atom is -0.496 e. The number of benzene rings is 1. The number of nitrogens with one attached hydrogen (secondary N) is 1. The van der Waals surface area contributed by atoms with Crippen LogP contribution in [0.1, 0.15) is 30.5 Å². The topological polar surface area (TPSA) is 30.5 Å². The highest BCUT2D eigenvalue weighted by molar-refractivity contribution is 5.52. The van der Waals surface area contributed by atoms with Crippen molar-refractivity contribution in [1.82, 2.24) is 5.32 Å². The quantitative estimate of drug-likeness (QED) is 0.854. The van der Waals surface area contributed by atoms with Crippen molar-refractivity contribution in [1.29, 1.82) is 0 Å². The maximum atomic E-state index is 5.49. The predicted octanol–water partition coefficient (Wildman–Crippen LogP) is 2.82. The van der Waals surface area contributed by atoms with Gasteiger partial charge in [0.15, 0.2) is 0 Å². The monoisotopic (exact) mass is 237 g/mol. The number of ether oxygens (including phenoxy) is 2. The molecule has 3 heteroatoms. The van der Waals surface area contributed by atoms with E-state index in [0.717, 1.165) is 34.7 Å². The molecule has 0 atom stereocenters. The Balaban J connectivity index is 3.13. The number of rotatable bonds is 5. The molecule has 0 saturated heterocycles. The molecule has 96 valence electrons. The summed E-state index contributed by atoms with van der Waals surface area (Å²) < 4.78 is 10.9. The SMILES string of the molecule is COc1cc(CNC(C)C)c(OC)c(C)c1C. The van der Waals surface area contributed by atoms with Crippen LogP contribution in [0.3, 0.4) is 0 Å².